The Morgan fingerprint density at radius 1 is 1.29 bits per heavy atom. The van der Waals surface area contributed by atoms with Gasteiger partial charge in [0.05, 0.1) is 7.11 Å². The molecule has 21 heavy (non-hydrogen) atoms. The Balaban J connectivity index is 2.15. The number of benzene rings is 2. The van der Waals surface area contributed by atoms with Gasteiger partial charge >= 0.3 is 0 Å². The lowest BCUT2D eigenvalue weighted by Gasteiger charge is -2.12. The number of methoxy groups -OCH3 is 1. The van der Waals surface area contributed by atoms with Crippen LogP contribution >= 0.6 is 0 Å². The van der Waals surface area contributed by atoms with Gasteiger partial charge in [0, 0.05) is 23.4 Å². The van der Waals surface area contributed by atoms with Gasteiger partial charge in [0.25, 0.3) is 0 Å². The molecule has 5 nitrogen and oxygen atoms in total. The van der Waals surface area contributed by atoms with Crippen LogP contribution in [-0.4, -0.2) is 18.1 Å². The summed E-state index contributed by atoms with van der Waals surface area (Å²) in [6, 6.07) is 10.3. The van der Waals surface area contributed by atoms with Gasteiger partial charge in [-0.3, -0.25) is 4.79 Å². The molecule has 0 saturated heterocycles. The zero-order valence-electron chi connectivity index (χ0n) is 12.0. The number of carbonyl (C=O) groups is 1. The highest BCUT2D eigenvalue weighted by Crippen LogP contribution is 2.24. The van der Waals surface area contributed by atoms with E-state index in [1.165, 1.54) is 0 Å². The number of carbonyl (C=O) groups excluding carboxylic acids is 1. The first-order valence-corrected chi connectivity index (χ1v) is 6.51. The third kappa shape index (κ3) is 3.45. The zero-order valence-corrected chi connectivity index (χ0v) is 12.0. The van der Waals surface area contributed by atoms with E-state index >= 15 is 0 Å². The van der Waals surface area contributed by atoms with Crippen molar-refractivity contribution in [2.45, 2.75) is 13.5 Å². The number of nitrogens with two attached hydrogens (primary N) is 1. The van der Waals surface area contributed by atoms with E-state index in [0.29, 0.717) is 17.9 Å². The summed E-state index contributed by atoms with van der Waals surface area (Å²) < 4.78 is 5.14. The highest BCUT2D eigenvalue weighted by Gasteiger charge is 2.06. The molecule has 0 bridgehead atoms. The van der Waals surface area contributed by atoms with Gasteiger partial charge in [0.15, 0.2) is 0 Å². The van der Waals surface area contributed by atoms with Gasteiger partial charge in [-0.1, -0.05) is 0 Å². The molecule has 0 heterocycles. The molecule has 110 valence electrons. The monoisotopic (exact) mass is 286 g/mol. The van der Waals surface area contributed by atoms with Gasteiger partial charge in [0.2, 0.25) is 5.91 Å². The Bertz CT molecular complexity index is 669. The van der Waals surface area contributed by atoms with Crippen molar-refractivity contribution in [3.63, 3.8) is 0 Å². The number of aryl methyl sites for hydroxylation is 1. The first-order chi connectivity index (χ1) is 10.0. The largest absolute Gasteiger partial charge is 0.508 e. The quantitative estimate of drug-likeness (QED) is 0.788. The number of nitrogens with one attached hydrogen (secondary N) is 1. The topological polar surface area (TPSA) is 84.6 Å². The summed E-state index contributed by atoms with van der Waals surface area (Å²) in [6.07, 6.45) is 0. The highest BCUT2D eigenvalue weighted by molar-refractivity contribution is 5.93. The fraction of sp³-hybridized carbons (Fsp3) is 0.188. The van der Waals surface area contributed by atoms with E-state index in [4.69, 9.17) is 10.5 Å². The molecule has 0 aliphatic carbocycles. The van der Waals surface area contributed by atoms with Crippen LogP contribution in [0.2, 0.25) is 0 Å². The minimum Gasteiger partial charge on any atom is -0.508 e. The second-order valence-electron chi connectivity index (χ2n) is 4.74. The van der Waals surface area contributed by atoms with Gasteiger partial charge in [-0.15, -0.1) is 0 Å². The number of anilines is 1. The van der Waals surface area contributed by atoms with Crippen LogP contribution < -0.4 is 15.8 Å². The van der Waals surface area contributed by atoms with E-state index in [2.05, 4.69) is 5.32 Å². The number of amides is 1. The van der Waals surface area contributed by atoms with Crippen LogP contribution in [0.15, 0.2) is 36.4 Å². The summed E-state index contributed by atoms with van der Waals surface area (Å²) in [4.78, 5) is 11.1. The van der Waals surface area contributed by atoms with Crippen LogP contribution in [0.4, 0.5) is 5.69 Å². The Labute approximate surface area is 123 Å². The molecule has 2 aromatic rings. The van der Waals surface area contributed by atoms with Crippen LogP contribution in [0.25, 0.3) is 0 Å². The molecular weight excluding hydrogens is 268 g/mol. The van der Waals surface area contributed by atoms with Crippen molar-refractivity contribution in [1.29, 1.82) is 0 Å². The third-order valence-corrected chi connectivity index (χ3v) is 3.27. The standard InChI is InChI=1S/C16H18N2O3/c1-10-7-11(16(17)20)3-5-14(10)18-9-12-8-13(21-2)4-6-15(12)19/h3-8,18-19H,9H2,1-2H3,(H2,17,20). The van der Waals surface area contributed by atoms with Gasteiger partial charge in [-0.25, -0.2) is 0 Å². The Kier molecular flexibility index (Phi) is 4.33. The molecule has 0 spiro atoms. The molecule has 0 fully saturated rings. The van der Waals surface area contributed by atoms with Crippen molar-refractivity contribution in [3.8, 4) is 11.5 Å². The summed E-state index contributed by atoms with van der Waals surface area (Å²) in [6.45, 7) is 2.33. The number of primary amides is 1. The normalized spacial score (nSPS) is 10.2. The van der Waals surface area contributed by atoms with Gasteiger partial charge in [0.1, 0.15) is 11.5 Å². The number of hydrogen-bond acceptors (Lipinski definition) is 4. The lowest BCUT2D eigenvalue weighted by atomic mass is 10.1. The van der Waals surface area contributed by atoms with E-state index in [-0.39, 0.29) is 5.75 Å². The molecule has 0 saturated carbocycles. The van der Waals surface area contributed by atoms with Crippen molar-refractivity contribution < 1.29 is 14.6 Å². The molecule has 0 unspecified atom stereocenters. The molecule has 5 heteroatoms. The summed E-state index contributed by atoms with van der Waals surface area (Å²) in [7, 11) is 1.58. The lowest BCUT2D eigenvalue weighted by Crippen LogP contribution is -2.11. The number of phenolic OH excluding ortho intramolecular Hbond substituents is 1. The van der Waals surface area contributed by atoms with E-state index in [1.54, 1.807) is 43.5 Å². The minimum absolute atomic E-state index is 0.203. The average Bonchev–Trinajstić information content (AvgIpc) is 2.47. The van der Waals surface area contributed by atoms with Gasteiger partial charge < -0.3 is 20.9 Å². The summed E-state index contributed by atoms with van der Waals surface area (Å²) in [5.41, 5.74) is 8.23. The van der Waals surface area contributed by atoms with E-state index in [1.807, 2.05) is 6.92 Å². The number of phenols is 1. The maximum absolute atomic E-state index is 11.1. The summed E-state index contributed by atoms with van der Waals surface area (Å²) >= 11 is 0. The molecule has 0 atom stereocenters. The van der Waals surface area contributed by atoms with Crippen molar-refractivity contribution in [2.24, 2.45) is 5.73 Å². The molecule has 1 amide bonds. The maximum Gasteiger partial charge on any atom is 0.248 e. The molecule has 2 aromatic carbocycles. The second kappa shape index (κ2) is 6.17. The van der Waals surface area contributed by atoms with Crippen LogP contribution in [0.5, 0.6) is 11.5 Å². The number of hydrogen-bond donors (Lipinski definition) is 3. The van der Waals surface area contributed by atoms with E-state index in [9.17, 15) is 9.90 Å². The fourth-order valence-electron chi connectivity index (χ4n) is 2.04. The first-order valence-electron chi connectivity index (χ1n) is 6.51. The van der Waals surface area contributed by atoms with Crippen LogP contribution in [0.3, 0.4) is 0 Å². The average molecular weight is 286 g/mol. The molecule has 2 rings (SSSR count). The second-order valence-corrected chi connectivity index (χ2v) is 4.74. The third-order valence-electron chi connectivity index (χ3n) is 3.27. The van der Waals surface area contributed by atoms with Gasteiger partial charge in [-0.2, -0.15) is 0 Å². The molecule has 4 N–H and O–H groups in total. The minimum atomic E-state index is -0.449. The smallest absolute Gasteiger partial charge is 0.248 e. The van der Waals surface area contributed by atoms with Crippen molar-refractivity contribution in [2.75, 3.05) is 12.4 Å². The predicted molar refractivity (Wildman–Crippen MR) is 81.7 cm³/mol. The zero-order chi connectivity index (χ0) is 15.4. The van der Waals surface area contributed by atoms with E-state index in [0.717, 1.165) is 16.8 Å². The highest BCUT2D eigenvalue weighted by atomic mass is 16.5. The molecular formula is C16H18N2O3. The molecule has 0 radical (unpaired) electrons. The van der Waals surface area contributed by atoms with Crippen molar-refractivity contribution in [1.82, 2.24) is 0 Å². The maximum atomic E-state index is 11.1. The Morgan fingerprint density at radius 3 is 2.67 bits per heavy atom. The number of ether oxygens (including phenoxy) is 1. The fourth-order valence-corrected chi connectivity index (χ4v) is 2.04. The van der Waals surface area contributed by atoms with Crippen LogP contribution in [0.1, 0.15) is 21.5 Å². The Morgan fingerprint density at radius 2 is 2.05 bits per heavy atom. The molecule has 0 aromatic heterocycles. The number of aromatic hydroxyl groups is 1. The lowest BCUT2D eigenvalue weighted by molar-refractivity contribution is 0.1000. The summed E-state index contributed by atoms with van der Waals surface area (Å²) in [5, 5.41) is 13.1. The SMILES string of the molecule is COc1ccc(O)c(CNc2ccc(C(N)=O)cc2C)c1. The Hall–Kier alpha value is -2.69. The van der Waals surface area contributed by atoms with Gasteiger partial charge in [-0.05, 0) is 48.9 Å². The van der Waals surface area contributed by atoms with Crippen LogP contribution in [-0.2, 0) is 6.54 Å². The molecule has 0 aliphatic rings. The van der Waals surface area contributed by atoms with Crippen molar-refractivity contribution in [3.05, 3.63) is 53.1 Å². The molecule has 0 aliphatic heterocycles. The van der Waals surface area contributed by atoms with Crippen LogP contribution in [0, 0.1) is 6.92 Å². The van der Waals surface area contributed by atoms with E-state index < -0.39 is 5.91 Å². The predicted octanol–water partition coefficient (Wildman–Crippen LogP) is 2.42. The first kappa shape index (κ1) is 14.7. The summed E-state index contributed by atoms with van der Waals surface area (Å²) in [5.74, 6) is 0.440. The van der Waals surface area contributed by atoms with Crippen molar-refractivity contribution >= 4 is 11.6 Å². The number of rotatable bonds is 5.